The van der Waals surface area contributed by atoms with Crippen LogP contribution in [-0.2, 0) is 14.3 Å². The van der Waals surface area contributed by atoms with Crippen LogP contribution in [0, 0.1) is 0 Å². The zero-order valence-electron chi connectivity index (χ0n) is 18.4. The van der Waals surface area contributed by atoms with Crippen molar-refractivity contribution in [2.45, 2.75) is 129 Å². The molecule has 0 saturated carbocycles. The number of hydrogen-bond acceptors (Lipinski definition) is 4. The molecule has 0 rings (SSSR count). The van der Waals surface area contributed by atoms with Crippen LogP contribution in [0.2, 0.25) is 0 Å². The van der Waals surface area contributed by atoms with Crippen molar-refractivity contribution in [3.8, 4) is 0 Å². The molecule has 0 aliphatic heterocycles. The monoisotopic (exact) mass is 398 g/mol. The van der Waals surface area contributed by atoms with Crippen LogP contribution in [0.1, 0.15) is 122 Å². The molecular formula is C23H46N2O3. The molecule has 0 aromatic heterocycles. The Morgan fingerprint density at radius 1 is 0.714 bits per heavy atom. The van der Waals surface area contributed by atoms with E-state index in [1.165, 1.54) is 89.9 Å². The Kier molecular flexibility index (Phi) is 19.8. The summed E-state index contributed by atoms with van der Waals surface area (Å²) in [5.74, 6) is -0.872. The molecule has 5 nitrogen and oxygen atoms in total. The largest absolute Gasteiger partial charge is 0.465 e. The van der Waals surface area contributed by atoms with E-state index in [-0.39, 0.29) is 12.8 Å². The molecule has 0 aromatic carbocycles. The second-order valence-corrected chi connectivity index (χ2v) is 8.08. The summed E-state index contributed by atoms with van der Waals surface area (Å²) in [6.45, 7) is 2.69. The van der Waals surface area contributed by atoms with Gasteiger partial charge in [-0.25, -0.2) is 0 Å². The maximum atomic E-state index is 11.6. The van der Waals surface area contributed by atoms with Gasteiger partial charge in [0.1, 0.15) is 6.04 Å². The number of carbonyl (C=O) groups excluding carboxylic acids is 2. The summed E-state index contributed by atoms with van der Waals surface area (Å²) in [6, 6.07) is -0.742. The Morgan fingerprint density at radius 3 is 1.50 bits per heavy atom. The maximum Gasteiger partial charge on any atom is 0.322 e. The van der Waals surface area contributed by atoms with Gasteiger partial charge >= 0.3 is 5.97 Å². The van der Waals surface area contributed by atoms with Gasteiger partial charge in [-0.1, -0.05) is 103 Å². The van der Waals surface area contributed by atoms with E-state index in [1.807, 2.05) is 0 Å². The van der Waals surface area contributed by atoms with Gasteiger partial charge in [-0.2, -0.15) is 0 Å². The van der Waals surface area contributed by atoms with Crippen LogP contribution in [0.15, 0.2) is 0 Å². The van der Waals surface area contributed by atoms with Crippen LogP contribution in [0.4, 0.5) is 0 Å². The second kappa shape index (κ2) is 20.6. The number of primary amides is 1. The molecule has 0 saturated heterocycles. The number of rotatable bonds is 21. The standard InChI is InChI=1S/C23H46N2O3/c1-2-3-4-5-6-7-8-9-10-11-12-13-14-15-16-17-20-28-23(27)21(24)18-19-22(25)26/h21H,2-20,24H2,1H3,(H2,25,26). The molecule has 4 N–H and O–H groups in total. The number of esters is 1. The smallest absolute Gasteiger partial charge is 0.322 e. The van der Waals surface area contributed by atoms with Crippen molar-refractivity contribution in [2.75, 3.05) is 6.61 Å². The molecule has 166 valence electrons. The maximum absolute atomic E-state index is 11.6. The number of ether oxygens (including phenoxy) is 1. The van der Waals surface area contributed by atoms with Crippen LogP contribution < -0.4 is 11.5 Å². The molecule has 1 unspecified atom stereocenters. The summed E-state index contributed by atoms with van der Waals surface area (Å²) in [5, 5.41) is 0. The summed E-state index contributed by atoms with van der Waals surface area (Å²) >= 11 is 0. The van der Waals surface area contributed by atoms with Crippen LogP contribution in [0.25, 0.3) is 0 Å². The first-order chi connectivity index (χ1) is 13.6. The van der Waals surface area contributed by atoms with Gasteiger partial charge in [-0.15, -0.1) is 0 Å². The first-order valence-corrected chi connectivity index (χ1v) is 11.8. The fourth-order valence-electron chi connectivity index (χ4n) is 3.35. The summed E-state index contributed by atoms with van der Waals surface area (Å²) in [7, 11) is 0. The quantitative estimate of drug-likeness (QED) is 0.200. The molecule has 0 fully saturated rings. The lowest BCUT2D eigenvalue weighted by Gasteiger charge is -2.10. The molecule has 1 amide bonds. The van der Waals surface area contributed by atoms with Gasteiger partial charge in [0.25, 0.3) is 0 Å². The van der Waals surface area contributed by atoms with E-state index in [0.29, 0.717) is 6.61 Å². The van der Waals surface area contributed by atoms with Gasteiger partial charge in [0, 0.05) is 6.42 Å². The summed E-state index contributed by atoms with van der Waals surface area (Å²) in [5.41, 5.74) is 10.7. The normalized spacial score (nSPS) is 12.1. The molecule has 0 aliphatic carbocycles. The highest BCUT2D eigenvalue weighted by atomic mass is 16.5. The van der Waals surface area contributed by atoms with Crippen LogP contribution in [0.5, 0.6) is 0 Å². The number of hydrogen-bond donors (Lipinski definition) is 2. The zero-order chi connectivity index (χ0) is 20.9. The summed E-state index contributed by atoms with van der Waals surface area (Å²) in [4.78, 5) is 22.3. The third-order valence-electron chi connectivity index (χ3n) is 5.25. The molecule has 1 atom stereocenters. The van der Waals surface area contributed by atoms with Crippen molar-refractivity contribution in [3.05, 3.63) is 0 Å². The van der Waals surface area contributed by atoms with Gasteiger partial charge < -0.3 is 16.2 Å². The Morgan fingerprint density at radius 2 is 1.11 bits per heavy atom. The lowest BCUT2D eigenvalue weighted by Crippen LogP contribution is -2.33. The van der Waals surface area contributed by atoms with Crippen molar-refractivity contribution < 1.29 is 14.3 Å². The van der Waals surface area contributed by atoms with Gasteiger partial charge in [-0.05, 0) is 12.8 Å². The third kappa shape index (κ3) is 19.7. The topological polar surface area (TPSA) is 95.4 Å². The van der Waals surface area contributed by atoms with Crippen molar-refractivity contribution >= 4 is 11.9 Å². The predicted octanol–water partition coefficient (Wildman–Crippen LogP) is 5.38. The van der Waals surface area contributed by atoms with E-state index in [0.717, 1.165) is 12.8 Å². The highest BCUT2D eigenvalue weighted by molar-refractivity contribution is 5.78. The fraction of sp³-hybridized carbons (Fsp3) is 0.913. The zero-order valence-corrected chi connectivity index (χ0v) is 18.4. The van der Waals surface area contributed by atoms with Gasteiger partial charge in [0.15, 0.2) is 0 Å². The Balaban J connectivity index is 3.21. The van der Waals surface area contributed by atoms with Crippen LogP contribution in [-0.4, -0.2) is 24.5 Å². The lowest BCUT2D eigenvalue weighted by molar-refractivity contribution is -0.145. The number of carbonyl (C=O) groups is 2. The van der Waals surface area contributed by atoms with Crippen molar-refractivity contribution in [3.63, 3.8) is 0 Å². The van der Waals surface area contributed by atoms with E-state index < -0.39 is 17.9 Å². The van der Waals surface area contributed by atoms with Crippen LogP contribution >= 0.6 is 0 Å². The summed E-state index contributed by atoms with van der Waals surface area (Å²) in [6.07, 6.45) is 21.5. The van der Waals surface area contributed by atoms with Crippen molar-refractivity contribution in [1.82, 2.24) is 0 Å². The lowest BCUT2D eigenvalue weighted by atomic mass is 10.0. The minimum absolute atomic E-state index is 0.120. The van der Waals surface area contributed by atoms with Crippen molar-refractivity contribution in [2.24, 2.45) is 11.5 Å². The fourth-order valence-corrected chi connectivity index (χ4v) is 3.35. The van der Waals surface area contributed by atoms with Gasteiger partial charge in [0.05, 0.1) is 6.61 Å². The molecule has 28 heavy (non-hydrogen) atoms. The van der Waals surface area contributed by atoms with Crippen molar-refractivity contribution in [1.29, 1.82) is 0 Å². The Bertz CT molecular complexity index is 375. The summed E-state index contributed by atoms with van der Waals surface area (Å²) < 4.78 is 5.14. The Labute approximate surface area is 173 Å². The van der Waals surface area contributed by atoms with E-state index >= 15 is 0 Å². The second-order valence-electron chi connectivity index (χ2n) is 8.08. The highest BCUT2D eigenvalue weighted by Gasteiger charge is 2.15. The molecule has 0 radical (unpaired) electrons. The molecule has 0 aromatic rings. The van der Waals surface area contributed by atoms with E-state index in [9.17, 15) is 9.59 Å². The molecule has 5 heteroatoms. The molecular weight excluding hydrogens is 352 g/mol. The van der Waals surface area contributed by atoms with Gasteiger partial charge in [0.2, 0.25) is 5.91 Å². The molecule has 0 bridgehead atoms. The van der Waals surface area contributed by atoms with Crippen LogP contribution in [0.3, 0.4) is 0 Å². The first-order valence-electron chi connectivity index (χ1n) is 11.8. The Hall–Kier alpha value is -1.10. The predicted molar refractivity (Wildman–Crippen MR) is 117 cm³/mol. The third-order valence-corrected chi connectivity index (χ3v) is 5.25. The molecule has 0 spiro atoms. The SMILES string of the molecule is CCCCCCCCCCCCCCCCCCOC(=O)C(N)CCC(N)=O. The molecule has 0 heterocycles. The van der Waals surface area contributed by atoms with Gasteiger partial charge in [-0.3, -0.25) is 9.59 Å². The first kappa shape index (κ1) is 26.9. The number of nitrogens with two attached hydrogens (primary N) is 2. The minimum Gasteiger partial charge on any atom is -0.465 e. The molecule has 0 aliphatic rings. The average Bonchev–Trinajstić information content (AvgIpc) is 2.68. The highest BCUT2D eigenvalue weighted by Crippen LogP contribution is 2.13. The number of amides is 1. The van der Waals surface area contributed by atoms with E-state index in [4.69, 9.17) is 16.2 Å². The number of unbranched alkanes of at least 4 members (excludes halogenated alkanes) is 15. The van der Waals surface area contributed by atoms with E-state index in [1.54, 1.807) is 0 Å². The average molecular weight is 399 g/mol. The van der Waals surface area contributed by atoms with E-state index in [2.05, 4.69) is 6.92 Å². The minimum atomic E-state index is -0.742.